The minimum Gasteiger partial charge on any atom is -0.376 e. The molecule has 122 valence electrons. The normalized spacial score (nSPS) is 17.2. The lowest BCUT2D eigenvalue weighted by atomic mass is 10.2. The van der Waals surface area contributed by atoms with Crippen LogP contribution in [0.5, 0.6) is 0 Å². The Labute approximate surface area is 135 Å². The van der Waals surface area contributed by atoms with Gasteiger partial charge >= 0.3 is 0 Å². The van der Waals surface area contributed by atoms with Gasteiger partial charge in [-0.05, 0) is 25.0 Å². The first kappa shape index (κ1) is 15.5. The van der Waals surface area contributed by atoms with Crippen LogP contribution in [0.2, 0.25) is 0 Å². The van der Waals surface area contributed by atoms with Crippen molar-refractivity contribution in [2.45, 2.75) is 25.5 Å². The largest absolute Gasteiger partial charge is 0.376 e. The van der Waals surface area contributed by atoms with Crippen molar-refractivity contribution in [1.82, 2.24) is 14.8 Å². The summed E-state index contributed by atoms with van der Waals surface area (Å²) in [4.78, 5) is 18.4. The van der Waals surface area contributed by atoms with E-state index in [0.29, 0.717) is 11.3 Å². The number of ether oxygens (including phenoxy) is 1. The molecule has 1 aliphatic rings. The predicted octanol–water partition coefficient (Wildman–Crippen LogP) is 1.78. The second-order valence-corrected chi connectivity index (χ2v) is 5.84. The van der Waals surface area contributed by atoms with Gasteiger partial charge in [-0.3, -0.25) is 9.48 Å². The molecular weight excluding hydrogens is 294 g/mol. The Morgan fingerprint density at radius 3 is 2.96 bits per heavy atom. The van der Waals surface area contributed by atoms with Crippen LogP contribution in [0.25, 0.3) is 0 Å². The van der Waals surface area contributed by atoms with Crippen LogP contribution >= 0.6 is 0 Å². The van der Waals surface area contributed by atoms with Crippen molar-refractivity contribution in [3.8, 4) is 0 Å². The quantitative estimate of drug-likeness (QED) is 0.910. The third kappa shape index (κ3) is 3.87. The van der Waals surface area contributed by atoms with Gasteiger partial charge in [0.25, 0.3) is 5.91 Å². The Morgan fingerprint density at radius 1 is 1.43 bits per heavy atom. The molecule has 0 saturated carbocycles. The zero-order valence-electron chi connectivity index (χ0n) is 13.4. The molecule has 2 aromatic rings. The van der Waals surface area contributed by atoms with Gasteiger partial charge in [-0.15, -0.1) is 0 Å². The number of anilines is 2. The molecule has 1 unspecified atom stereocenters. The zero-order chi connectivity index (χ0) is 16.2. The fourth-order valence-corrected chi connectivity index (χ4v) is 2.51. The van der Waals surface area contributed by atoms with Crippen molar-refractivity contribution in [2.75, 3.05) is 30.9 Å². The SMILES string of the molecule is CN(C)c1ccc(C(=O)Nc2cnn(CC3CCCO3)c2)cn1. The molecule has 1 saturated heterocycles. The number of amides is 1. The van der Waals surface area contributed by atoms with Gasteiger partial charge in [0.2, 0.25) is 0 Å². The summed E-state index contributed by atoms with van der Waals surface area (Å²) in [5, 5.41) is 7.10. The summed E-state index contributed by atoms with van der Waals surface area (Å²) < 4.78 is 7.39. The van der Waals surface area contributed by atoms with E-state index in [2.05, 4.69) is 15.4 Å². The van der Waals surface area contributed by atoms with Gasteiger partial charge in [0.05, 0.1) is 30.1 Å². The molecule has 1 amide bonds. The van der Waals surface area contributed by atoms with Gasteiger partial charge in [0, 0.05) is 33.1 Å². The van der Waals surface area contributed by atoms with Gasteiger partial charge in [-0.25, -0.2) is 4.98 Å². The molecule has 0 spiro atoms. The summed E-state index contributed by atoms with van der Waals surface area (Å²) in [7, 11) is 3.81. The van der Waals surface area contributed by atoms with Gasteiger partial charge < -0.3 is 15.0 Å². The van der Waals surface area contributed by atoms with Crippen LogP contribution in [-0.4, -0.2) is 47.5 Å². The highest BCUT2D eigenvalue weighted by Gasteiger charge is 2.16. The van der Waals surface area contributed by atoms with E-state index in [-0.39, 0.29) is 12.0 Å². The first-order chi connectivity index (χ1) is 11.1. The van der Waals surface area contributed by atoms with Crippen molar-refractivity contribution >= 4 is 17.4 Å². The summed E-state index contributed by atoms with van der Waals surface area (Å²) in [5.41, 5.74) is 1.19. The smallest absolute Gasteiger partial charge is 0.257 e. The third-order valence-corrected chi connectivity index (χ3v) is 3.77. The van der Waals surface area contributed by atoms with Crippen LogP contribution in [0.15, 0.2) is 30.7 Å². The topological polar surface area (TPSA) is 72.3 Å². The summed E-state index contributed by atoms with van der Waals surface area (Å²) in [5.74, 6) is 0.616. The zero-order valence-corrected chi connectivity index (χ0v) is 13.4. The molecule has 1 atom stereocenters. The van der Waals surface area contributed by atoms with E-state index in [0.717, 1.165) is 31.8 Å². The Kier molecular flexibility index (Phi) is 4.57. The number of carbonyl (C=O) groups is 1. The van der Waals surface area contributed by atoms with E-state index in [1.165, 1.54) is 0 Å². The lowest BCUT2D eigenvalue weighted by Gasteiger charge is -2.11. The molecule has 1 aliphatic heterocycles. The number of aromatic nitrogens is 3. The predicted molar refractivity (Wildman–Crippen MR) is 87.7 cm³/mol. The number of nitrogens with one attached hydrogen (secondary N) is 1. The molecule has 3 rings (SSSR count). The van der Waals surface area contributed by atoms with Crippen LogP contribution in [0, 0.1) is 0 Å². The summed E-state index contributed by atoms with van der Waals surface area (Å²) in [6, 6.07) is 3.57. The fourth-order valence-electron chi connectivity index (χ4n) is 2.51. The van der Waals surface area contributed by atoms with Crippen LogP contribution in [0.1, 0.15) is 23.2 Å². The molecule has 3 heterocycles. The highest BCUT2D eigenvalue weighted by atomic mass is 16.5. The van der Waals surface area contributed by atoms with Crippen molar-refractivity contribution in [3.05, 3.63) is 36.3 Å². The minimum absolute atomic E-state index is 0.195. The van der Waals surface area contributed by atoms with E-state index in [1.807, 2.05) is 31.3 Å². The Bertz CT molecular complexity index is 659. The molecule has 1 N–H and O–H groups in total. The molecule has 1 fully saturated rings. The van der Waals surface area contributed by atoms with E-state index in [1.54, 1.807) is 23.1 Å². The number of hydrogen-bond donors (Lipinski definition) is 1. The van der Waals surface area contributed by atoms with Crippen LogP contribution in [-0.2, 0) is 11.3 Å². The third-order valence-electron chi connectivity index (χ3n) is 3.77. The number of pyridine rings is 1. The van der Waals surface area contributed by atoms with Crippen molar-refractivity contribution in [3.63, 3.8) is 0 Å². The monoisotopic (exact) mass is 315 g/mol. The van der Waals surface area contributed by atoms with Crippen molar-refractivity contribution < 1.29 is 9.53 Å². The minimum atomic E-state index is -0.195. The molecular formula is C16H21N5O2. The maximum Gasteiger partial charge on any atom is 0.257 e. The van der Waals surface area contributed by atoms with Gasteiger partial charge in [-0.2, -0.15) is 5.10 Å². The van der Waals surface area contributed by atoms with E-state index >= 15 is 0 Å². The number of hydrogen-bond acceptors (Lipinski definition) is 5. The molecule has 2 aromatic heterocycles. The lowest BCUT2D eigenvalue weighted by molar-refractivity contribution is 0.0940. The highest BCUT2D eigenvalue weighted by Crippen LogP contribution is 2.15. The lowest BCUT2D eigenvalue weighted by Crippen LogP contribution is -2.15. The second-order valence-electron chi connectivity index (χ2n) is 5.84. The second kappa shape index (κ2) is 6.78. The Morgan fingerprint density at radius 2 is 2.30 bits per heavy atom. The van der Waals surface area contributed by atoms with E-state index < -0.39 is 0 Å². The van der Waals surface area contributed by atoms with Crippen LogP contribution in [0.4, 0.5) is 11.5 Å². The highest BCUT2D eigenvalue weighted by molar-refractivity contribution is 6.04. The van der Waals surface area contributed by atoms with Crippen LogP contribution < -0.4 is 10.2 Å². The fraction of sp³-hybridized carbons (Fsp3) is 0.438. The maximum absolute atomic E-state index is 12.2. The van der Waals surface area contributed by atoms with E-state index in [4.69, 9.17) is 4.74 Å². The average Bonchev–Trinajstić information content (AvgIpc) is 3.20. The molecule has 0 radical (unpaired) electrons. The molecule has 23 heavy (non-hydrogen) atoms. The average molecular weight is 315 g/mol. The molecule has 0 aliphatic carbocycles. The number of rotatable bonds is 5. The number of nitrogens with zero attached hydrogens (tertiary/aromatic N) is 4. The van der Waals surface area contributed by atoms with E-state index in [9.17, 15) is 4.79 Å². The summed E-state index contributed by atoms with van der Waals surface area (Å²) in [6.45, 7) is 1.54. The molecule has 7 nitrogen and oxygen atoms in total. The first-order valence-electron chi connectivity index (χ1n) is 7.70. The maximum atomic E-state index is 12.2. The molecule has 0 bridgehead atoms. The molecule has 0 aromatic carbocycles. The number of carbonyl (C=O) groups excluding carboxylic acids is 1. The standard InChI is InChI=1S/C16H21N5O2/c1-20(2)15-6-5-12(8-17-15)16(22)19-13-9-18-21(10-13)11-14-4-3-7-23-14/h5-6,8-10,14H,3-4,7,11H2,1-2H3,(H,19,22). The van der Waals surface area contributed by atoms with Gasteiger partial charge in [0.15, 0.2) is 0 Å². The first-order valence-corrected chi connectivity index (χ1v) is 7.70. The van der Waals surface area contributed by atoms with Crippen molar-refractivity contribution in [1.29, 1.82) is 0 Å². The van der Waals surface area contributed by atoms with Gasteiger partial charge in [0.1, 0.15) is 5.82 Å². The summed E-state index contributed by atoms with van der Waals surface area (Å²) >= 11 is 0. The van der Waals surface area contributed by atoms with Crippen molar-refractivity contribution in [2.24, 2.45) is 0 Å². The Balaban J connectivity index is 1.60. The molecule has 7 heteroatoms. The van der Waals surface area contributed by atoms with Gasteiger partial charge in [-0.1, -0.05) is 0 Å². The Hall–Kier alpha value is -2.41. The summed E-state index contributed by atoms with van der Waals surface area (Å²) in [6.07, 6.45) is 7.43. The van der Waals surface area contributed by atoms with Crippen LogP contribution in [0.3, 0.4) is 0 Å².